The van der Waals surface area contributed by atoms with Crippen molar-refractivity contribution in [3.8, 4) is 0 Å². The van der Waals surface area contributed by atoms with Gasteiger partial charge in [0.05, 0.1) is 0 Å². The summed E-state index contributed by atoms with van der Waals surface area (Å²) in [5.41, 5.74) is -0.856. The van der Waals surface area contributed by atoms with Crippen molar-refractivity contribution < 1.29 is 17.8 Å². The Morgan fingerprint density at radius 2 is 1.15 bits per heavy atom. The molecular formula is C18H22PRh. The average Bonchev–Trinajstić information content (AvgIpc) is 2.56. The van der Waals surface area contributed by atoms with Crippen LogP contribution in [-0.4, -0.2) is 5.66 Å². The molecule has 2 aromatic rings. The van der Waals surface area contributed by atoms with Gasteiger partial charge in [-0.2, -0.15) is 0 Å². The van der Waals surface area contributed by atoms with Gasteiger partial charge in [0.2, 0.25) is 0 Å². The van der Waals surface area contributed by atoms with Crippen LogP contribution in [-0.2, 0) is 17.8 Å². The van der Waals surface area contributed by atoms with E-state index in [9.17, 15) is 0 Å². The zero-order valence-corrected chi connectivity index (χ0v) is 14.4. The van der Waals surface area contributed by atoms with Crippen LogP contribution in [0.25, 0.3) is 0 Å². The zero-order chi connectivity index (χ0) is 13.8. The van der Waals surface area contributed by atoms with E-state index in [4.69, 9.17) is 0 Å². The number of hydrogen-bond donors (Lipinski definition) is 0. The normalized spacial score (nSPS) is 17.9. The maximum atomic E-state index is 3.59. The summed E-state index contributed by atoms with van der Waals surface area (Å²) in [6.07, 6.45) is 7.03. The van der Waals surface area contributed by atoms with E-state index in [1.165, 1.54) is 32.1 Å². The third kappa shape index (κ3) is 2.76. The Hall–Kier alpha value is -0.507. The van der Waals surface area contributed by atoms with Gasteiger partial charge in [-0.1, -0.05) is 0 Å². The first-order valence-electron chi connectivity index (χ1n) is 7.59. The summed E-state index contributed by atoms with van der Waals surface area (Å²) in [4.78, 5) is 0. The van der Waals surface area contributed by atoms with Crippen LogP contribution < -0.4 is 10.6 Å². The second kappa shape index (κ2) is 6.51. The number of rotatable bonds is 3. The fourth-order valence-electron chi connectivity index (χ4n) is 3.47. The van der Waals surface area contributed by atoms with Crippen LogP contribution in [0.2, 0.25) is 0 Å². The summed E-state index contributed by atoms with van der Waals surface area (Å²) in [5, 5.41) is 3.12. The summed E-state index contributed by atoms with van der Waals surface area (Å²) in [6, 6.07) is 22.4. The van der Waals surface area contributed by atoms with E-state index in [-0.39, 0.29) is 0 Å². The molecule has 0 aliphatic heterocycles. The van der Waals surface area contributed by atoms with Crippen molar-refractivity contribution >= 4 is 16.2 Å². The standard InChI is InChI=1S/C18H21P.Rh/c1-4-10-16(11-5-1)19(17-12-6-2-7-13-17)18-14-8-3-9-15-18;/h1-2,4-7,10-13,18H,3,8-9,14-15H2;/q;-1/p+1. The van der Waals surface area contributed by atoms with Crippen molar-refractivity contribution in [2.45, 2.75) is 37.8 Å². The summed E-state index contributed by atoms with van der Waals surface area (Å²) >= 11 is 3.59. The van der Waals surface area contributed by atoms with E-state index in [2.05, 4.69) is 78.5 Å². The molecule has 0 amide bonds. The molecule has 3 rings (SSSR count). The molecule has 0 saturated heterocycles. The van der Waals surface area contributed by atoms with Gasteiger partial charge in [0.1, 0.15) is 0 Å². The topological polar surface area (TPSA) is 0 Å². The monoisotopic (exact) mass is 372 g/mol. The molecule has 0 unspecified atom stereocenters. The SMILES string of the molecule is [Rh][PH](c1ccccc1)(c1ccccc1)C1CCCCC1. The first kappa shape index (κ1) is 14.4. The molecule has 1 fully saturated rings. The molecule has 0 atom stereocenters. The third-order valence-electron chi connectivity index (χ3n) is 4.51. The van der Waals surface area contributed by atoms with Gasteiger partial charge in [0, 0.05) is 0 Å². The van der Waals surface area contributed by atoms with E-state index >= 15 is 0 Å². The van der Waals surface area contributed by atoms with Crippen molar-refractivity contribution in [1.82, 2.24) is 0 Å². The first-order valence-corrected chi connectivity index (χ1v) is 12.0. The second-order valence-corrected chi connectivity index (χ2v) is 12.9. The predicted molar refractivity (Wildman–Crippen MR) is 87.3 cm³/mol. The maximum absolute atomic E-state index is 3.59. The predicted octanol–water partition coefficient (Wildman–Crippen LogP) is 4.18. The summed E-state index contributed by atoms with van der Waals surface area (Å²) in [6.45, 7) is 0. The van der Waals surface area contributed by atoms with Gasteiger partial charge < -0.3 is 0 Å². The van der Waals surface area contributed by atoms with Crippen LogP contribution >= 0.6 is 5.59 Å². The van der Waals surface area contributed by atoms with Crippen LogP contribution in [0.1, 0.15) is 32.1 Å². The quantitative estimate of drug-likeness (QED) is 0.560. The van der Waals surface area contributed by atoms with E-state index in [0.29, 0.717) is 0 Å². The van der Waals surface area contributed by atoms with Gasteiger partial charge in [-0.3, -0.25) is 0 Å². The Morgan fingerprint density at radius 1 is 0.700 bits per heavy atom. The molecular weight excluding hydrogens is 350 g/mol. The molecule has 0 radical (unpaired) electrons. The number of hydrogen-bond acceptors (Lipinski definition) is 0. The Kier molecular flexibility index (Phi) is 4.69. The van der Waals surface area contributed by atoms with Crippen LogP contribution in [0.15, 0.2) is 60.7 Å². The van der Waals surface area contributed by atoms with Crippen molar-refractivity contribution in [3.63, 3.8) is 0 Å². The molecule has 1 aliphatic rings. The summed E-state index contributed by atoms with van der Waals surface area (Å²) < 4.78 is 0. The molecule has 0 spiro atoms. The first-order chi connectivity index (χ1) is 9.82. The molecule has 0 aromatic heterocycles. The summed E-state index contributed by atoms with van der Waals surface area (Å²) in [7, 11) is 0. The Labute approximate surface area is 132 Å². The van der Waals surface area contributed by atoms with Crippen LogP contribution in [0.3, 0.4) is 0 Å². The molecule has 20 heavy (non-hydrogen) atoms. The molecule has 2 aromatic carbocycles. The minimum atomic E-state index is -1.71. The molecule has 2 heteroatoms. The molecule has 1 aliphatic carbocycles. The summed E-state index contributed by atoms with van der Waals surface area (Å²) in [5.74, 6) is 0. The Morgan fingerprint density at radius 3 is 1.60 bits per heavy atom. The van der Waals surface area contributed by atoms with E-state index in [0.717, 1.165) is 5.66 Å². The van der Waals surface area contributed by atoms with Crippen molar-refractivity contribution in [2.24, 2.45) is 0 Å². The van der Waals surface area contributed by atoms with Gasteiger partial charge >= 0.3 is 132 Å². The van der Waals surface area contributed by atoms with Crippen LogP contribution in [0.5, 0.6) is 0 Å². The Bertz CT molecular complexity index is 492. The fourth-order valence-corrected chi connectivity index (χ4v) is 10.3. The van der Waals surface area contributed by atoms with Crippen LogP contribution in [0, 0.1) is 0 Å². The van der Waals surface area contributed by atoms with Crippen molar-refractivity contribution in [3.05, 3.63) is 60.7 Å². The van der Waals surface area contributed by atoms with Gasteiger partial charge in [-0.15, -0.1) is 0 Å². The van der Waals surface area contributed by atoms with E-state index < -0.39 is 5.59 Å². The van der Waals surface area contributed by atoms with E-state index in [1.807, 2.05) is 0 Å². The molecule has 1 saturated carbocycles. The third-order valence-corrected chi connectivity index (χ3v) is 13.3. The van der Waals surface area contributed by atoms with Gasteiger partial charge in [0.25, 0.3) is 0 Å². The fraction of sp³-hybridized carbons (Fsp3) is 0.333. The average molecular weight is 372 g/mol. The van der Waals surface area contributed by atoms with Gasteiger partial charge in [-0.05, 0) is 0 Å². The molecule has 108 valence electrons. The van der Waals surface area contributed by atoms with Crippen LogP contribution in [0.4, 0.5) is 0 Å². The van der Waals surface area contributed by atoms with Gasteiger partial charge in [0.15, 0.2) is 0 Å². The minimum absolute atomic E-state index is 0.855. The Balaban J connectivity index is 2.07. The van der Waals surface area contributed by atoms with Crippen molar-refractivity contribution in [2.75, 3.05) is 0 Å². The van der Waals surface area contributed by atoms with Crippen molar-refractivity contribution in [1.29, 1.82) is 0 Å². The second-order valence-electron chi connectivity index (χ2n) is 5.74. The molecule has 0 N–H and O–H groups in total. The van der Waals surface area contributed by atoms with E-state index in [1.54, 1.807) is 10.6 Å². The molecule has 0 nitrogen and oxygen atoms in total. The number of benzene rings is 2. The van der Waals surface area contributed by atoms with Gasteiger partial charge in [-0.25, -0.2) is 0 Å². The molecule has 0 bridgehead atoms. The zero-order valence-electron chi connectivity index (χ0n) is 11.7. The molecule has 0 heterocycles.